The van der Waals surface area contributed by atoms with E-state index in [4.69, 9.17) is 18.0 Å². The predicted octanol–water partition coefficient (Wildman–Crippen LogP) is 0.308. The van der Waals surface area contributed by atoms with E-state index in [1.54, 1.807) is 21.3 Å². The zero-order valence-electron chi connectivity index (χ0n) is 6.99. The van der Waals surface area contributed by atoms with Crippen LogP contribution in [0.15, 0.2) is 0 Å². The zero-order valence-corrected chi connectivity index (χ0v) is 8.89. The topological polar surface area (TPSA) is 36.9 Å². The molecule has 4 nitrogen and oxygen atoms in total. The molecular formula is C5H14O4SSi. The molecule has 68 valence electrons. The van der Waals surface area contributed by atoms with Gasteiger partial charge in [-0.05, 0) is 0 Å². The number of hydrogen-bond acceptors (Lipinski definition) is 5. The number of hydrogen-bond donors (Lipinski definition) is 1. The summed E-state index contributed by atoms with van der Waals surface area (Å²) in [6, 6.07) is 0. The van der Waals surface area contributed by atoms with Crippen molar-refractivity contribution in [2.45, 2.75) is 0 Å². The van der Waals surface area contributed by atoms with Crippen molar-refractivity contribution < 1.29 is 18.0 Å². The molecule has 0 amide bonds. The molecule has 0 unspecified atom stereocenters. The van der Waals surface area contributed by atoms with E-state index in [0.717, 1.165) is 0 Å². The highest BCUT2D eigenvalue weighted by Gasteiger charge is 2.38. The second-order valence-corrected chi connectivity index (χ2v) is 4.91. The van der Waals surface area contributed by atoms with Crippen molar-refractivity contribution >= 4 is 21.4 Å². The summed E-state index contributed by atoms with van der Waals surface area (Å²) in [5, 5.41) is 0. The second-order valence-electron chi connectivity index (χ2n) is 1.77. The van der Waals surface area contributed by atoms with Gasteiger partial charge in [-0.2, -0.15) is 12.6 Å². The predicted molar refractivity (Wildman–Crippen MR) is 46.6 cm³/mol. The van der Waals surface area contributed by atoms with Crippen LogP contribution in [-0.2, 0) is 18.0 Å². The molecule has 0 aliphatic heterocycles. The quantitative estimate of drug-likeness (QED) is 0.378. The van der Waals surface area contributed by atoms with Crippen LogP contribution in [-0.4, -0.2) is 42.3 Å². The molecule has 0 aliphatic carbocycles. The highest BCUT2D eigenvalue weighted by Crippen LogP contribution is 2.05. The first-order valence-corrected chi connectivity index (χ1v) is 5.65. The minimum absolute atomic E-state index is 0.333. The monoisotopic (exact) mass is 198 g/mol. The third kappa shape index (κ3) is 3.54. The van der Waals surface area contributed by atoms with E-state index in [9.17, 15) is 0 Å². The van der Waals surface area contributed by atoms with Crippen LogP contribution in [0.25, 0.3) is 0 Å². The van der Waals surface area contributed by atoms with E-state index >= 15 is 0 Å². The first-order chi connectivity index (χ1) is 5.24. The summed E-state index contributed by atoms with van der Waals surface area (Å²) >= 11 is 3.88. The molecule has 0 saturated carbocycles. The average Bonchev–Trinajstić information content (AvgIpc) is 2.08. The van der Waals surface area contributed by atoms with E-state index in [1.165, 1.54) is 0 Å². The molecule has 0 aromatic rings. The minimum atomic E-state index is -2.51. The Kier molecular flexibility index (Phi) is 6.20. The fraction of sp³-hybridized carbons (Fsp3) is 1.00. The van der Waals surface area contributed by atoms with Crippen LogP contribution < -0.4 is 0 Å². The first kappa shape index (κ1) is 11.4. The molecule has 0 aliphatic rings. The van der Waals surface area contributed by atoms with Crippen molar-refractivity contribution in [1.82, 2.24) is 0 Å². The van der Waals surface area contributed by atoms with Gasteiger partial charge in [0.1, 0.15) is 6.23 Å². The lowest BCUT2D eigenvalue weighted by atomic mass is 11.5. The van der Waals surface area contributed by atoms with Gasteiger partial charge in [-0.25, -0.2) is 0 Å². The third-order valence-electron chi connectivity index (χ3n) is 1.30. The molecular weight excluding hydrogens is 184 g/mol. The van der Waals surface area contributed by atoms with Gasteiger partial charge in [0.05, 0.1) is 5.94 Å². The maximum atomic E-state index is 5.07. The van der Waals surface area contributed by atoms with Gasteiger partial charge >= 0.3 is 8.80 Å². The Balaban J connectivity index is 3.84. The standard InChI is InChI=1S/C5H14O4SSi/c1-6-11(7-2,8-3)5-9-4-10/h10H,4-5H2,1-3H3. The van der Waals surface area contributed by atoms with Crippen LogP contribution in [0, 0.1) is 0 Å². The van der Waals surface area contributed by atoms with Crippen molar-refractivity contribution in [3.63, 3.8) is 0 Å². The van der Waals surface area contributed by atoms with Crippen molar-refractivity contribution in [3.05, 3.63) is 0 Å². The summed E-state index contributed by atoms with van der Waals surface area (Å²) in [6.07, 6.45) is 0.333. The molecule has 11 heavy (non-hydrogen) atoms. The lowest BCUT2D eigenvalue weighted by Crippen LogP contribution is -2.48. The van der Waals surface area contributed by atoms with E-state index in [0.29, 0.717) is 12.2 Å². The van der Waals surface area contributed by atoms with Crippen LogP contribution in [0.3, 0.4) is 0 Å². The van der Waals surface area contributed by atoms with E-state index < -0.39 is 8.80 Å². The third-order valence-corrected chi connectivity index (χ3v) is 3.91. The van der Waals surface area contributed by atoms with Crippen molar-refractivity contribution in [2.24, 2.45) is 0 Å². The van der Waals surface area contributed by atoms with Crippen LogP contribution >= 0.6 is 12.6 Å². The normalized spacial score (nSPS) is 12.0. The van der Waals surface area contributed by atoms with Crippen molar-refractivity contribution in [1.29, 1.82) is 0 Å². The molecule has 0 spiro atoms. The van der Waals surface area contributed by atoms with Gasteiger partial charge in [-0.15, -0.1) is 0 Å². The van der Waals surface area contributed by atoms with Gasteiger partial charge in [-0.1, -0.05) is 0 Å². The molecule has 0 aromatic carbocycles. The van der Waals surface area contributed by atoms with Gasteiger partial charge in [0.2, 0.25) is 0 Å². The van der Waals surface area contributed by atoms with Gasteiger partial charge in [0.25, 0.3) is 0 Å². The van der Waals surface area contributed by atoms with E-state index in [2.05, 4.69) is 12.6 Å². The summed E-state index contributed by atoms with van der Waals surface area (Å²) in [5.74, 6) is 0.338. The van der Waals surface area contributed by atoms with Crippen molar-refractivity contribution in [3.8, 4) is 0 Å². The number of rotatable bonds is 6. The number of thiol groups is 1. The van der Waals surface area contributed by atoms with Gasteiger partial charge < -0.3 is 18.0 Å². The maximum absolute atomic E-state index is 5.07. The molecule has 0 fully saturated rings. The highest BCUT2D eigenvalue weighted by atomic mass is 32.1. The fourth-order valence-corrected chi connectivity index (χ4v) is 2.07. The van der Waals surface area contributed by atoms with E-state index in [-0.39, 0.29) is 0 Å². The molecule has 0 atom stereocenters. The molecule has 0 rings (SSSR count). The molecule has 0 saturated heterocycles. The Labute approximate surface area is 73.6 Å². The summed E-state index contributed by atoms with van der Waals surface area (Å²) in [6.45, 7) is 0. The van der Waals surface area contributed by atoms with Crippen molar-refractivity contribution in [2.75, 3.05) is 33.5 Å². The number of ether oxygens (including phenoxy) is 1. The Morgan fingerprint density at radius 2 is 1.55 bits per heavy atom. The highest BCUT2D eigenvalue weighted by molar-refractivity contribution is 7.80. The van der Waals surface area contributed by atoms with Crippen LogP contribution in [0.2, 0.25) is 0 Å². The zero-order chi connectivity index (χ0) is 8.74. The molecule has 0 radical (unpaired) electrons. The first-order valence-electron chi connectivity index (χ1n) is 3.08. The van der Waals surface area contributed by atoms with Gasteiger partial charge in [0, 0.05) is 21.3 Å². The SMILES string of the molecule is CO[Si](COCS)(OC)OC. The Bertz CT molecular complexity index is 90.2. The van der Waals surface area contributed by atoms with Gasteiger partial charge in [-0.3, -0.25) is 0 Å². The lowest BCUT2D eigenvalue weighted by molar-refractivity contribution is 0.0775. The second kappa shape index (κ2) is 5.98. The lowest BCUT2D eigenvalue weighted by Gasteiger charge is -2.23. The van der Waals surface area contributed by atoms with Crippen LogP contribution in [0.5, 0.6) is 0 Å². The molecule has 6 heteroatoms. The Morgan fingerprint density at radius 1 is 1.09 bits per heavy atom. The van der Waals surface area contributed by atoms with E-state index in [1.807, 2.05) is 0 Å². The Hall–Kier alpha value is 0.407. The molecule has 0 bridgehead atoms. The average molecular weight is 198 g/mol. The molecule has 0 N–H and O–H groups in total. The summed E-state index contributed by atoms with van der Waals surface area (Å²) in [7, 11) is 2.12. The molecule has 0 heterocycles. The smallest absolute Gasteiger partial charge is 0.375 e. The summed E-state index contributed by atoms with van der Waals surface area (Å²) in [4.78, 5) is 0. The van der Waals surface area contributed by atoms with Gasteiger partial charge in [0.15, 0.2) is 0 Å². The van der Waals surface area contributed by atoms with Crippen LogP contribution in [0.1, 0.15) is 0 Å². The minimum Gasteiger partial charge on any atom is -0.375 e. The largest absolute Gasteiger partial charge is 0.527 e. The maximum Gasteiger partial charge on any atom is 0.527 e. The Morgan fingerprint density at radius 3 is 1.82 bits per heavy atom. The summed E-state index contributed by atoms with van der Waals surface area (Å²) in [5.41, 5.74) is 0. The fourth-order valence-electron chi connectivity index (χ4n) is 0.597. The molecule has 0 aromatic heterocycles. The summed E-state index contributed by atoms with van der Waals surface area (Å²) < 4.78 is 20.2. The van der Waals surface area contributed by atoms with Crippen LogP contribution in [0.4, 0.5) is 0 Å².